The van der Waals surface area contributed by atoms with Crippen LogP contribution in [-0.4, -0.2) is 11.1 Å². The van der Waals surface area contributed by atoms with Gasteiger partial charge in [0.05, 0.1) is 0 Å². The molecule has 0 amide bonds. The molecule has 0 aromatic carbocycles. The molecule has 1 aliphatic carbocycles. The van der Waals surface area contributed by atoms with Gasteiger partial charge in [-0.15, -0.1) is 0 Å². The Morgan fingerprint density at radius 2 is 2.30 bits per heavy atom. The van der Waals surface area contributed by atoms with Gasteiger partial charge in [0.1, 0.15) is 0 Å². The van der Waals surface area contributed by atoms with Crippen LogP contribution in [0.4, 0.5) is 0 Å². The van der Waals surface area contributed by atoms with Gasteiger partial charge >= 0.3 is 0 Å². The first-order valence-electron chi connectivity index (χ1n) is 3.63. The van der Waals surface area contributed by atoms with Gasteiger partial charge in [-0.2, -0.15) is 0 Å². The number of alkyl halides is 1. The second-order valence-corrected chi connectivity index (χ2v) is 3.09. The molecule has 0 spiro atoms. The van der Waals surface area contributed by atoms with E-state index in [4.69, 9.17) is 0 Å². The van der Waals surface area contributed by atoms with Crippen LogP contribution in [0.2, 0.25) is 0 Å². The summed E-state index contributed by atoms with van der Waals surface area (Å²) in [4.78, 5) is 11.1. The average Bonchev–Trinajstić information content (AvgIpc) is 2.13. The molecule has 0 N–H and O–H groups in total. The number of Topliss-reactive ketones (excluding diaryl/α,β-unsaturated/α-hetero) is 1. The first-order chi connectivity index (χ1) is 4.84. The molecule has 0 aromatic heterocycles. The van der Waals surface area contributed by atoms with Crippen molar-refractivity contribution in [2.24, 2.45) is 0 Å². The lowest BCUT2D eigenvalue weighted by atomic mass is 10.1. The van der Waals surface area contributed by atoms with Gasteiger partial charge in [-0.05, 0) is 19.3 Å². The van der Waals surface area contributed by atoms with Crippen molar-refractivity contribution in [2.45, 2.75) is 25.7 Å². The monoisotopic (exact) mass is 202 g/mol. The highest BCUT2D eigenvalue weighted by Gasteiger charge is 2.09. The van der Waals surface area contributed by atoms with Crippen LogP contribution in [0, 0.1) is 0 Å². The molecule has 0 atom stereocenters. The smallest absolute Gasteiger partial charge is 0.159 e. The van der Waals surface area contributed by atoms with E-state index in [1.165, 1.54) is 6.42 Å². The number of hydrogen-bond donors (Lipinski definition) is 0. The molecule has 0 fully saturated rings. The quantitative estimate of drug-likeness (QED) is 0.598. The highest BCUT2D eigenvalue weighted by Crippen LogP contribution is 2.15. The summed E-state index contributed by atoms with van der Waals surface area (Å²) in [7, 11) is 0. The Hall–Kier alpha value is -0.110. The second-order valence-electron chi connectivity index (χ2n) is 2.53. The van der Waals surface area contributed by atoms with Crippen LogP contribution < -0.4 is 0 Å². The number of halogens is 1. The Bertz CT molecular complexity index is 161. The molecule has 0 aliphatic heterocycles. The van der Waals surface area contributed by atoms with Crippen LogP contribution in [-0.2, 0) is 4.79 Å². The lowest BCUT2D eigenvalue weighted by Gasteiger charge is -1.95. The molecule has 2 heteroatoms. The van der Waals surface area contributed by atoms with Gasteiger partial charge in [-0.25, -0.2) is 0 Å². The van der Waals surface area contributed by atoms with E-state index in [-0.39, 0.29) is 0 Å². The van der Waals surface area contributed by atoms with E-state index in [2.05, 4.69) is 22.0 Å². The third-order valence-electron chi connectivity index (χ3n) is 1.75. The number of rotatable bonds is 1. The van der Waals surface area contributed by atoms with Crippen molar-refractivity contribution in [3.63, 3.8) is 0 Å². The summed E-state index contributed by atoms with van der Waals surface area (Å²) in [6.45, 7) is 0. The number of hydrogen-bond acceptors (Lipinski definition) is 1. The molecule has 0 radical (unpaired) electrons. The number of carbonyl (C=O) groups is 1. The third-order valence-corrected chi connectivity index (χ3v) is 2.35. The fraction of sp³-hybridized carbons (Fsp3) is 0.625. The van der Waals surface area contributed by atoms with Crippen molar-refractivity contribution in [3.8, 4) is 0 Å². The van der Waals surface area contributed by atoms with Crippen molar-refractivity contribution in [1.82, 2.24) is 0 Å². The van der Waals surface area contributed by atoms with Gasteiger partial charge < -0.3 is 0 Å². The van der Waals surface area contributed by atoms with Crippen LogP contribution in [0.25, 0.3) is 0 Å². The lowest BCUT2D eigenvalue weighted by molar-refractivity contribution is -0.115. The molecule has 56 valence electrons. The maximum Gasteiger partial charge on any atom is 0.159 e. The SMILES string of the molecule is O=C1CCCCC=C1CBr. The molecular weight excluding hydrogens is 192 g/mol. The summed E-state index contributed by atoms with van der Waals surface area (Å²) in [5, 5.41) is 0.728. The first kappa shape index (κ1) is 7.99. The number of ketones is 1. The van der Waals surface area contributed by atoms with Crippen molar-refractivity contribution in [2.75, 3.05) is 5.33 Å². The Morgan fingerprint density at radius 1 is 1.50 bits per heavy atom. The fourth-order valence-electron chi connectivity index (χ4n) is 1.11. The van der Waals surface area contributed by atoms with Crippen molar-refractivity contribution in [3.05, 3.63) is 11.6 Å². The summed E-state index contributed by atoms with van der Waals surface area (Å²) >= 11 is 3.30. The fourth-order valence-corrected chi connectivity index (χ4v) is 1.65. The average molecular weight is 203 g/mol. The van der Waals surface area contributed by atoms with Crippen LogP contribution in [0.15, 0.2) is 11.6 Å². The molecule has 0 saturated heterocycles. The Morgan fingerprint density at radius 3 is 3.00 bits per heavy atom. The molecule has 1 aliphatic rings. The highest BCUT2D eigenvalue weighted by atomic mass is 79.9. The Labute approximate surface area is 69.6 Å². The predicted molar refractivity (Wildman–Crippen MR) is 45.4 cm³/mol. The molecule has 0 bridgehead atoms. The van der Waals surface area contributed by atoms with Gasteiger partial charge in [-0.1, -0.05) is 22.0 Å². The van der Waals surface area contributed by atoms with E-state index in [0.29, 0.717) is 5.78 Å². The van der Waals surface area contributed by atoms with E-state index in [1.807, 2.05) is 0 Å². The van der Waals surface area contributed by atoms with Crippen LogP contribution in [0.3, 0.4) is 0 Å². The van der Waals surface area contributed by atoms with Gasteiger partial charge in [0, 0.05) is 17.3 Å². The summed E-state index contributed by atoms with van der Waals surface area (Å²) in [6, 6.07) is 0. The topological polar surface area (TPSA) is 17.1 Å². The van der Waals surface area contributed by atoms with E-state index in [9.17, 15) is 4.79 Å². The minimum Gasteiger partial charge on any atom is -0.295 e. The van der Waals surface area contributed by atoms with Gasteiger partial charge in [0.25, 0.3) is 0 Å². The van der Waals surface area contributed by atoms with Gasteiger partial charge in [0.2, 0.25) is 0 Å². The normalized spacial score (nSPS) is 20.1. The lowest BCUT2D eigenvalue weighted by Crippen LogP contribution is -2.00. The van der Waals surface area contributed by atoms with Crippen LogP contribution in [0.1, 0.15) is 25.7 Å². The summed E-state index contributed by atoms with van der Waals surface area (Å²) in [6.07, 6.45) is 6.11. The second kappa shape index (κ2) is 3.91. The maximum atomic E-state index is 11.1. The number of carbonyl (C=O) groups excluding carboxylic acids is 1. The van der Waals surface area contributed by atoms with E-state index in [0.717, 1.165) is 30.2 Å². The first-order valence-corrected chi connectivity index (χ1v) is 4.75. The molecule has 0 heterocycles. The van der Waals surface area contributed by atoms with E-state index < -0.39 is 0 Å². The molecule has 10 heavy (non-hydrogen) atoms. The van der Waals surface area contributed by atoms with Gasteiger partial charge in [0.15, 0.2) is 5.78 Å². The molecule has 1 rings (SSSR count). The molecule has 0 unspecified atom stereocenters. The maximum absolute atomic E-state index is 11.1. The summed E-state index contributed by atoms with van der Waals surface area (Å²) in [5.41, 5.74) is 0.970. The molecule has 0 saturated carbocycles. The highest BCUT2D eigenvalue weighted by molar-refractivity contribution is 9.09. The van der Waals surface area contributed by atoms with Crippen molar-refractivity contribution >= 4 is 21.7 Å². The zero-order chi connectivity index (χ0) is 7.40. The van der Waals surface area contributed by atoms with Crippen LogP contribution >= 0.6 is 15.9 Å². The zero-order valence-electron chi connectivity index (χ0n) is 5.90. The van der Waals surface area contributed by atoms with E-state index >= 15 is 0 Å². The summed E-state index contributed by atoms with van der Waals surface area (Å²) in [5.74, 6) is 0.328. The zero-order valence-corrected chi connectivity index (χ0v) is 7.49. The number of allylic oxidation sites excluding steroid dienone is 2. The van der Waals surface area contributed by atoms with Crippen molar-refractivity contribution < 1.29 is 4.79 Å². The van der Waals surface area contributed by atoms with E-state index in [1.54, 1.807) is 0 Å². The van der Waals surface area contributed by atoms with Crippen molar-refractivity contribution in [1.29, 1.82) is 0 Å². The Balaban J connectivity index is 2.62. The van der Waals surface area contributed by atoms with Gasteiger partial charge in [-0.3, -0.25) is 4.79 Å². The standard InChI is InChI=1S/C8H11BrO/c9-6-7-4-2-1-3-5-8(7)10/h4H,1-3,5-6H2. The minimum absolute atomic E-state index is 0.328. The minimum atomic E-state index is 0.328. The summed E-state index contributed by atoms with van der Waals surface area (Å²) < 4.78 is 0. The molecule has 1 nitrogen and oxygen atoms in total. The van der Waals surface area contributed by atoms with Crippen LogP contribution in [0.5, 0.6) is 0 Å². The predicted octanol–water partition coefficient (Wildman–Crippen LogP) is 2.45. The third kappa shape index (κ3) is 1.94. The largest absolute Gasteiger partial charge is 0.295 e. The molecule has 0 aromatic rings. The Kier molecular flexibility index (Phi) is 3.13. The molecular formula is C8H11BrO.